The fraction of sp³-hybridized carbons (Fsp3) is 0.385. The topological polar surface area (TPSA) is 45.7 Å². The van der Waals surface area contributed by atoms with Crippen LogP contribution in [0.3, 0.4) is 0 Å². The van der Waals surface area contributed by atoms with E-state index in [4.69, 9.17) is 4.74 Å². The molecule has 0 radical (unpaired) electrons. The van der Waals surface area contributed by atoms with Gasteiger partial charge < -0.3 is 9.64 Å². The summed E-state index contributed by atoms with van der Waals surface area (Å²) < 4.78 is 6.08. The van der Waals surface area contributed by atoms with Crippen molar-refractivity contribution in [1.29, 1.82) is 0 Å². The van der Waals surface area contributed by atoms with E-state index in [-0.39, 0.29) is 18.6 Å². The standard InChI is InChI=1S/C26H31N3O2S/c1-20(26-27-13-16-32-26)28(2)18-23-17-22(21-9-5-3-6-10-21)11-12-24(23)31-19-25(30)29-14-7-4-8-15-29/h3,5-6,9-13,16-17,20H,4,7-8,14-15,18-19H2,1-2H3/t20-/m1/s1. The van der Waals surface area contributed by atoms with Gasteiger partial charge in [0.15, 0.2) is 6.61 Å². The number of amides is 1. The summed E-state index contributed by atoms with van der Waals surface area (Å²) in [6, 6.07) is 16.8. The third-order valence-electron chi connectivity index (χ3n) is 6.12. The maximum absolute atomic E-state index is 12.6. The smallest absolute Gasteiger partial charge is 0.260 e. The number of piperidine rings is 1. The van der Waals surface area contributed by atoms with Gasteiger partial charge in [0, 0.05) is 36.8 Å². The molecule has 5 nitrogen and oxygen atoms in total. The van der Waals surface area contributed by atoms with Gasteiger partial charge in [-0.15, -0.1) is 11.3 Å². The highest BCUT2D eigenvalue weighted by atomic mass is 32.1. The Bertz CT molecular complexity index is 1000. The molecule has 1 amide bonds. The molecule has 6 heteroatoms. The number of hydrogen-bond acceptors (Lipinski definition) is 5. The Morgan fingerprint density at radius 3 is 2.62 bits per heavy atom. The van der Waals surface area contributed by atoms with Crippen LogP contribution in [0.5, 0.6) is 5.75 Å². The van der Waals surface area contributed by atoms with E-state index in [0.717, 1.165) is 47.8 Å². The zero-order valence-electron chi connectivity index (χ0n) is 18.9. The van der Waals surface area contributed by atoms with E-state index in [2.05, 4.69) is 48.1 Å². The molecule has 0 unspecified atom stereocenters. The van der Waals surface area contributed by atoms with Gasteiger partial charge in [0.2, 0.25) is 0 Å². The van der Waals surface area contributed by atoms with Crippen LogP contribution >= 0.6 is 11.3 Å². The van der Waals surface area contributed by atoms with Crippen molar-refractivity contribution in [2.24, 2.45) is 0 Å². The number of ether oxygens (including phenoxy) is 1. The maximum Gasteiger partial charge on any atom is 0.260 e. The lowest BCUT2D eigenvalue weighted by Gasteiger charge is -2.27. The first-order chi connectivity index (χ1) is 15.6. The predicted molar refractivity (Wildman–Crippen MR) is 130 cm³/mol. The van der Waals surface area contributed by atoms with Crippen LogP contribution in [0.25, 0.3) is 11.1 Å². The second-order valence-electron chi connectivity index (χ2n) is 8.38. The molecule has 1 fully saturated rings. The zero-order chi connectivity index (χ0) is 22.3. The minimum atomic E-state index is 0.0762. The van der Waals surface area contributed by atoms with Crippen molar-refractivity contribution >= 4 is 17.2 Å². The van der Waals surface area contributed by atoms with Gasteiger partial charge in [-0.25, -0.2) is 4.98 Å². The first kappa shape index (κ1) is 22.5. The average molecular weight is 450 g/mol. The lowest BCUT2D eigenvalue weighted by atomic mass is 10.0. The molecular weight excluding hydrogens is 418 g/mol. The van der Waals surface area contributed by atoms with Crippen LogP contribution in [0.15, 0.2) is 60.1 Å². The van der Waals surface area contributed by atoms with Gasteiger partial charge in [-0.05, 0) is 56.5 Å². The van der Waals surface area contributed by atoms with E-state index >= 15 is 0 Å². The van der Waals surface area contributed by atoms with Gasteiger partial charge in [-0.3, -0.25) is 9.69 Å². The second-order valence-corrected chi connectivity index (χ2v) is 9.31. The van der Waals surface area contributed by atoms with Gasteiger partial charge >= 0.3 is 0 Å². The molecule has 0 bridgehead atoms. The number of rotatable bonds is 8. The summed E-state index contributed by atoms with van der Waals surface area (Å²) in [6.45, 7) is 4.64. The monoisotopic (exact) mass is 449 g/mol. The van der Waals surface area contributed by atoms with Crippen molar-refractivity contribution in [2.75, 3.05) is 26.7 Å². The number of benzene rings is 2. The normalized spacial score (nSPS) is 15.0. The number of carbonyl (C=O) groups excluding carboxylic acids is 1. The Balaban J connectivity index is 1.53. The highest BCUT2D eigenvalue weighted by Gasteiger charge is 2.20. The average Bonchev–Trinajstić information content (AvgIpc) is 3.38. The van der Waals surface area contributed by atoms with Crippen molar-refractivity contribution in [3.8, 4) is 16.9 Å². The molecule has 1 aromatic heterocycles. The van der Waals surface area contributed by atoms with Crippen molar-refractivity contribution in [1.82, 2.24) is 14.8 Å². The summed E-state index contributed by atoms with van der Waals surface area (Å²) >= 11 is 1.67. The lowest BCUT2D eigenvalue weighted by Crippen LogP contribution is -2.38. The van der Waals surface area contributed by atoms with Crippen LogP contribution in [0.1, 0.15) is 42.8 Å². The SMILES string of the molecule is C[C@H](c1nccs1)N(C)Cc1cc(-c2ccccc2)ccc1OCC(=O)N1CCCCC1. The van der Waals surface area contributed by atoms with E-state index in [1.807, 2.05) is 40.7 Å². The molecular formula is C26H31N3O2S. The summed E-state index contributed by atoms with van der Waals surface area (Å²) in [5.74, 6) is 0.848. The molecule has 1 aliphatic heterocycles. The summed E-state index contributed by atoms with van der Waals surface area (Å²) in [5, 5.41) is 3.10. The Hall–Kier alpha value is -2.70. The fourth-order valence-electron chi connectivity index (χ4n) is 4.06. The van der Waals surface area contributed by atoms with Gasteiger partial charge in [0.25, 0.3) is 5.91 Å². The van der Waals surface area contributed by atoms with Crippen LogP contribution in [-0.2, 0) is 11.3 Å². The first-order valence-electron chi connectivity index (χ1n) is 11.3. The number of likely N-dealkylation sites (tertiary alicyclic amines) is 1. The molecule has 4 rings (SSSR count). The van der Waals surface area contributed by atoms with Gasteiger partial charge in [0.05, 0.1) is 6.04 Å². The Morgan fingerprint density at radius 1 is 1.12 bits per heavy atom. The first-order valence-corrected chi connectivity index (χ1v) is 12.2. The molecule has 2 aromatic carbocycles. The molecule has 0 aliphatic carbocycles. The maximum atomic E-state index is 12.6. The van der Waals surface area contributed by atoms with E-state index in [9.17, 15) is 4.79 Å². The Kier molecular flexibility index (Phi) is 7.55. The Morgan fingerprint density at radius 2 is 1.91 bits per heavy atom. The molecule has 1 saturated heterocycles. The number of nitrogens with zero attached hydrogens (tertiary/aromatic N) is 3. The molecule has 3 aromatic rings. The minimum Gasteiger partial charge on any atom is -0.483 e. The highest BCUT2D eigenvalue weighted by Crippen LogP contribution is 2.30. The van der Waals surface area contributed by atoms with Crippen molar-refractivity contribution in [3.63, 3.8) is 0 Å². The van der Waals surface area contributed by atoms with Crippen LogP contribution < -0.4 is 4.74 Å². The van der Waals surface area contributed by atoms with Crippen LogP contribution in [0.2, 0.25) is 0 Å². The molecule has 1 atom stereocenters. The van der Waals surface area contributed by atoms with E-state index in [1.165, 1.54) is 12.0 Å². The molecule has 0 N–H and O–H groups in total. The van der Waals surface area contributed by atoms with Crippen molar-refractivity contribution < 1.29 is 9.53 Å². The molecule has 0 spiro atoms. The molecule has 32 heavy (non-hydrogen) atoms. The summed E-state index contributed by atoms with van der Waals surface area (Å²) in [4.78, 5) is 21.3. The lowest BCUT2D eigenvalue weighted by molar-refractivity contribution is -0.134. The predicted octanol–water partition coefficient (Wildman–Crippen LogP) is 5.39. The number of hydrogen-bond donors (Lipinski definition) is 0. The van der Waals surface area contributed by atoms with Gasteiger partial charge in [0.1, 0.15) is 10.8 Å². The van der Waals surface area contributed by atoms with Gasteiger partial charge in [-0.1, -0.05) is 36.4 Å². The minimum absolute atomic E-state index is 0.0762. The number of carbonyl (C=O) groups is 1. The molecule has 168 valence electrons. The fourth-order valence-corrected chi connectivity index (χ4v) is 4.82. The molecule has 1 aliphatic rings. The van der Waals surface area contributed by atoms with E-state index < -0.39 is 0 Å². The van der Waals surface area contributed by atoms with Crippen molar-refractivity contribution in [2.45, 2.75) is 38.8 Å². The summed E-state index contributed by atoms with van der Waals surface area (Å²) in [7, 11) is 2.10. The third kappa shape index (κ3) is 5.56. The van der Waals surface area contributed by atoms with Crippen LogP contribution in [0.4, 0.5) is 0 Å². The largest absolute Gasteiger partial charge is 0.483 e. The number of aromatic nitrogens is 1. The van der Waals surface area contributed by atoms with Gasteiger partial charge in [-0.2, -0.15) is 0 Å². The van der Waals surface area contributed by atoms with Crippen LogP contribution in [-0.4, -0.2) is 47.4 Å². The van der Waals surface area contributed by atoms with Crippen molar-refractivity contribution in [3.05, 3.63) is 70.7 Å². The number of thiazole rings is 1. The molecule has 2 heterocycles. The second kappa shape index (κ2) is 10.7. The van der Waals surface area contributed by atoms with Crippen LogP contribution in [0, 0.1) is 0 Å². The summed E-state index contributed by atoms with van der Waals surface area (Å²) in [6.07, 6.45) is 5.23. The van der Waals surface area contributed by atoms with E-state index in [0.29, 0.717) is 6.54 Å². The van der Waals surface area contributed by atoms with E-state index in [1.54, 1.807) is 11.3 Å². The highest BCUT2D eigenvalue weighted by molar-refractivity contribution is 7.09. The Labute approximate surface area is 194 Å². The third-order valence-corrected chi connectivity index (χ3v) is 7.06. The zero-order valence-corrected chi connectivity index (χ0v) is 19.7. The molecule has 0 saturated carbocycles. The quantitative estimate of drug-likeness (QED) is 0.462. The summed E-state index contributed by atoms with van der Waals surface area (Å²) in [5.41, 5.74) is 3.38.